The van der Waals surface area contributed by atoms with Gasteiger partial charge >= 0.3 is 0 Å². The van der Waals surface area contributed by atoms with Crippen molar-refractivity contribution in [3.63, 3.8) is 0 Å². The Bertz CT molecular complexity index is 1540. The van der Waals surface area contributed by atoms with Gasteiger partial charge in [0.25, 0.3) is 5.91 Å². The molecule has 196 valence electrons. The number of benzene rings is 3. The van der Waals surface area contributed by atoms with Gasteiger partial charge in [-0.1, -0.05) is 24.3 Å². The smallest absolute Gasteiger partial charge is 0.273 e. The lowest BCUT2D eigenvalue weighted by Gasteiger charge is -2.38. The second-order valence-corrected chi connectivity index (χ2v) is 9.81. The van der Waals surface area contributed by atoms with Crippen LogP contribution in [-0.4, -0.2) is 39.8 Å². The average Bonchev–Trinajstić information content (AvgIpc) is 2.97. The molecular formula is C32H28N2O5. The molecule has 0 radical (unpaired) electrons. The van der Waals surface area contributed by atoms with Crippen molar-refractivity contribution in [1.82, 2.24) is 9.88 Å². The van der Waals surface area contributed by atoms with Gasteiger partial charge in [0, 0.05) is 19.2 Å². The largest absolute Gasteiger partial charge is 0.507 e. The third-order valence-electron chi connectivity index (χ3n) is 7.23. The van der Waals surface area contributed by atoms with Crippen LogP contribution >= 0.6 is 0 Å². The van der Waals surface area contributed by atoms with E-state index < -0.39 is 0 Å². The first-order valence-electron chi connectivity index (χ1n) is 13.2. The summed E-state index contributed by atoms with van der Waals surface area (Å²) < 4.78 is 12.2. The van der Waals surface area contributed by atoms with Gasteiger partial charge in [-0.15, -0.1) is 0 Å². The molecular weight excluding hydrogens is 492 g/mol. The van der Waals surface area contributed by atoms with Gasteiger partial charge in [-0.2, -0.15) is 0 Å². The number of ether oxygens (including phenoxy) is 2. The lowest BCUT2D eigenvalue weighted by molar-refractivity contribution is 0.0688. The molecule has 1 atom stereocenters. The Morgan fingerprint density at radius 3 is 2.64 bits per heavy atom. The number of amides is 1. The zero-order valence-electron chi connectivity index (χ0n) is 21.4. The zero-order valence-corrected chi connectivity index (χ0v) is 21.4. The number of carbonyl (C=O) groups excluding carboxylic acids is 2. The minimum atomic E-state index is -0.322. The summed E-state index contributed by atoms with van der Waals surface area (Å²) in [5, 5.41) is 10.3. The predicted octanol–water partition coefficient (Wildman–Crippen LogP) is 6.11. The molecule has 39 heavy (non-hydrogen) atoms. The Labute approximate surface area is 226 Å². The van der Waals surface area contributed by atoms with Crippen LogP contribution in [0, 0.1) is 0 Å². The summed E-state index contributed by atoms with van der Waals surface area (Å²) in [7, 11) is 0. The van der Waals surface area contributed by atoms with Crippen LogP contribution in [0.15, 0.2) is 85.1 Å². The normalized spacial score (nSPS) is 17.0. The number of hydrogen-bond donors (Lipinski definition) is 1. The number of phenols is 1. The molecule has 0 fully saturated rings. The van der Waals surface area contributed by atoms with E-state index in [4.69, 9.17) is 9.47 Å². The van der Waals surface area contributed by atoms with Gasteiger partial charge in [-0.3, -0.25) is 14.6 Å². The Kier molecular flexibility index (Phi) is 6.71. The van der Waals surface area contributed by atoms with Crippen LogP contribution in [-0.2, 0) is 6.42 Å². The molecule has 3 aromatic carbocycles. The minimum absolute atomic E-state index is 0.0548. The maximum Gasteiger partial charge on any atom is 0.273 e. The fraction of sp³-hybridized carbons (Fsp3) is 0.219. The molecule has 1 unspecified atom stereocenters. The molecule has 0 aliphatic carbocycles. The van der Waals surface area contributed by atoms with Crippen LogP contribution in [0.25, 0.3) is 0 Å². The molecule has 0 saturated carbocycles. The van der Waals surface area contributed by atoms with Gasteiger partial charge in [0.2, 0.25) is 0 Å². The third kappa shape index (κ3) is 5.08. The molecule has 1 N–H and O–H groups in total. The van der Waals surface area contributed by atoms with Crippen molar-refractivity contribution in [2.24, 2.45) is 0 Å². The van der Waals surface area contributed by atoms with Crippen molar-refractivity contribution in [3.8, 4) is 23.0 Å². The molecule has 3 aliphatic heterocycles. The van der Waals surface area contributed by atoms with Gasteiger partial charge in [0.15, 0.2) is 5.78 Å². The second kappa shape index (κ2) is 10.6. The van der Waals surface area contributed by atoms with Crippen LogP contribution in [0.3, 0.4) is 0 Å². The molecule has 4 aromatic rings. The van der Waals surface area contributed by atoms with Crippen molar-refractivity contribution in [2.75, 3.05) is 13.2 Å². The summed E-state index contributed by atoms with van der Waals surface area (Å²) in [5.41, 5.74) is 3.70. The number of aromatic hydroxyl groups is 1. The van der Waals surface area contributed by atoms with E-state index in [2.05, 4.69) is 4.98 Å². The van der Waals surface area contributed by atoms with E-state index in [1.807, 2.05) is 53.4 Å². The van der Waals surface area contributed by atoms with E-state index in [9.17, 15) is 14.7 Å². The summed E-state index contributed by atoms with van der Waals surface area (Å²) in [4.78, 5) is 32.6. The first-order valence-corrected chi connectivity index (χ1v) is 13.2. The van der Waals surface area contributed by atoms with Crippen molar-refractivity contribution >= 4 is 11.7 Å². The van der Waals surface area contributed by atoms with E-state index in [1.54, 1.807) is 30.5 Å². The summed E-state index contributed by atoms with van der Waals surface area (Å²) in [6.45, 7) is 0.965. The van der Waals surface area contributed by atoms with Gasteiger partial charge in [0.05, 0.1) is 18.2 Å². The number of phenolic OH excluding ortho intramolecular Hbond substituents is 1. The fourth-order valence-electron chi connectivity index (χ4n) is 5.31. The van der Waals surface area contributed by atoms with E-state index in [0.29, 0.717) is 61.8 Å². The molecule has 1 aromatic heterocycles. The number of fused-ring (bicyclic) bond motifs is 6. The predicted molar refractivity (Wildman–Crippen MR) is 146 cm³/mol. The first-order chi connectivity index (χ1) is 19.1. The molecule has 8 bridgehead atoms. The van der Waals surface area contributed by atoms with Crippen molar-refractivity contribution in [1.29, 1.82) is 0 Å². The average molecular weight is 521 g/mol. The lowest BCUT2D eigenvalue weighted by Crippen LogP contribution is -2.41. The Morgan fingerprint density at radius 1 is 0.897 bits per heavy atom. The van der Waals surface area contributed by atoms with Crippen LogP contribution in [0.1, 0.15) is 62.8 Å². The standard InChI is InChI=1S/C32H28N2O5/c35-29-9-2-4-17-38-23-7-5-6-22(19-23)31-26-12-10-24(39-25-11-13-30(36)27(29)20-25)18-21(26)14-16-34(31)32(37)28-8-1-3-15-33-28/h1,3,5-8,10-13,15,18-20,31,36H,2,4,9,14,16-17H2. The quantitative estimate of drug-likeness (QED) is 0.326. The van der Waals surface area contributed by atoms with E-state index in [1.165, 1.54) is 6.07 Å². The number of hydrogen-bond acceptors (Lipinski definition) is 6. The number of aromatic nitrogens is 1. The van der Waals surface area contributed by atoms with Crippen molar-refractivity contribution in [2.45, 2.75) is 31.7 Å². The number of carbonyl (C=O) groups is 2. The molecule has 7 nitrogen and oxygen atoms in total. The number of pyridine rings is 1. The van der Waals surface area contributed by atoms with E-state index >= 15 is 0 Å². The maximum absolute atomic E-state index is 13.6. The molecule has 1 amide bonds. The summed E-state index contributed by atoms with van der Waals surface area (Å²) in [6, 6.07) is 23.5. The van der Waals surface area contributed by atoms with E-state index in [-0.39, 0.29) is 29.0 Å². The molecule has 0 saturated heterocycles. The van der Waals surface area contributed by atoms with Crippen molar-refractivity contribution in [3.05, 3.63) is 113 Å². The van der Waals surface area contributed by atoms with Crippen LogP contribution in [0.4, 0.5) is 0 Å². The fourth-order valence-corrected chi connectivity index (χ4v) is 5.31. The molecule has 7 rings (SSSR count). The number of rotatable bonds is 1. The minimum Gasteiger partial charge on any atom is -0.507 e. The van der Waals surface area contributed by atoms with Gasteiger partial charge < -0.3 is 19.5 Å². The van der Waals surface area contributed by atoms with Gasteiger partial charge in [-0.05, 0) is 90.6 Å². The lowest BCUT2D eigenvalue weighted by atomic mass is 9.87. The highest BCUT2D eigenvalue weighted by Gasteiger charge is 2.33. The third-order valence-corrected chi connectivity index (χ3v) is 7.23. The maximum atomic E-state index is 13.6. The Balaban J connectivity index is 1.43. The number of Topliss-reactive ketones (excluding diaryl/α,β-unsaturated/α-hetero) is 1. The van der Waals surface area contributed by atoms with Gasteiger partial charge in [-0.25, -0.2) is 0 Å². The SMILES string of the molecule is O=C1CCCCOc2cccc(c2)C2c3ccc(cc3CCN2C(=O)c2ccccn2)Oc2ccc(O)c1c2. The Morgan fingerprint density at radius 2 is 1.77 bits per heavy atom. The summed E-state index contributed by atoms with van der Waals surface area (Å²) in [6.07, 6.45) is 3.89. The number of nitrogens with zero attached hydrogens (tertiary/aromatic N) is 2. The monoisotopic (exact) mass is 520 g/mol. The topological polar surface area (TPSA) is 89.0 Å². The highest BCUT2D eigenvalue weighted by molar-refractivity contribution is 5.99. The summed E-state index contributed by atoms with van der Waals surface area (Å²) in [5.74, 6) is 1.50. The molecule has 7 heteroatoms. The molecule has 3 aliphatic rings. The second-order valence-electron chi connectivity index (χ2n) is 9.81. The van der Waals surface area contributed by atoms with Crippen LogP contribution in [0.2, 0.25) is 0 Å². The highest BCUT2D eigenvalue weighted by atomic mass is 16.5. The van der Waals surface area contributed by atoms with E-state index in [0.717, 1.165) is 16.7 Å². The van der Waals surface area contributed by atoms with Crippen LogP contribution < -0.4 is 9.47 Å². The highest BCUT2D eigenvalue weighted by Crippen LogP contribution is 2.39. The first kappa shape index (κ1) is 24.7. The molecule has 0 spiro atoms. The zero-order chi connectivity index (χ0) is 26.8. The number of ketones is 1. The van der Waals surface area contributed by atoms with Crippen LogP contribution in [0.5, 0.6) is 23.0 Å². The van der Waals surface area contributed by atoms with Crippen molar-refractivity contribution < 1.29 is 24.2 Å². The Hall–Kier alpha value is -4.65. The molecule has 4 heterocycles. The summed E-state index contributed by atoms with van der Waals surface area (Å²) >= 11 is 0. The van der Waals surface area contributed by atoms with Gasteiger partial charge in [0.1, 0.15) is 28.7 Å².